The second-order valence-electron chi connectivity index (χ2n) is 3.07. The van der Waals surface area contributed by atoms with Crippen LogP contribution in [-0.2, 0) is 7.05 Å². The molecule has 1 aromatic heterocycles. The van der Waals surface area contributed by atoms with Gasteiger partial charge in [-0.1, -0.05) is 0 Å². The summed E-state index contributed by atoms with van der Waals surface area (Å²) in [5, 5.41) is 0.139. The van der Waals surface area contributed by atoms with Crippen molar-refractivity contribution < 1.29 is 9.18 Å². The third-order valence-electron chi connectivity index (χ3n) is 2.21. The lowest BCUT2D eigenvalue weighted by molar-refractivity contribution is 0.107. The zero-order chi connectivity index (χ0) is 10.3. The summed E-state index contributed by atoms with van der Waals surface area (Å²) in [5.41, 5.74) is 1.16. The first kappa shape index (κ1) is 9.21. The third kappa shape index (κ3) is 1.30. The van der Waals surface area contributed by atoms with Crippen molar-refractivity contribution in [3.05, 3.63) is 35.8 Å². The van der Waals surface area contributed by atoms with Gasteiger partial charge in [0.15, 0.2) is 0 Å². The summed E-state index contributed by atoms with van der Waals surface area (Å²) in [7, 11) is 1.72. The molecule has 0 N–H and O–H groups in total. The van der Waals surface area contributed by atoms with Crippen LogP contribution in [0.4, 0.5) is 4.39 Å². The van der Waals surface area contributed by atoms with E-state index >= 15 is 0 Å². The van der Waals surface area contributed by atoms with Gasteiger partial charge in [-0.15, -0.1) is 0 Å². The number of nitrogens with zero attached hydrogens (tertiary/aromatic N) is 1. The molecule has 1 heterocycles. The largest absolute Gasteiger partial charge is 0.340 e. The van der Waals surface area contributed by atoms with Crippen LogP contribution >= 0.6 is 11.6 Å². The standard InChI is InChI=1S/C10H7ClFNO/c1-13-8-3-2-7(12)4-6(8)5-9(13)10(11)14/h2-5H,1H3. The molecule has 0 aliphatic rings. The van der Waals surface area contributed by atoms with Gasteiger partial charge in [-0.3, -0.25) is 4.79 Å². The van der Waals surface area contributed by atoms with E-state index in [2.05, 4.69) is 0 Å². The van der Waals surface area contributed by atoms with Crippen molar-refractivity contribution in [2.45, 2.75) is 0 Å². The number of rotatable bonds is 1. The van der Waals surface area contributed by atoms with Crippen molar-refractivity contribution >= 4 is 27.7 Å². The van der Waals surface area contributed by atoms with E-state index in [1.54, 1.807) is 23.7 Å². The molecule has 0 unspecified atom stereocenters. The molecule has 0 fully saturated rings. The summed E-state index contributed by atoms with van der Waals surface area (Å²) < 4.78 is 14.5. The highest BCUT2D eigenvalue weighted by Crippen LogP contribution is 2.20. The number of carbonyl (C=O) groups is 1. The molecule has 0 saturated heterocycles. The normalized spacial score (nSPS) is 10.8. The minimum absolute atomic E-state index is 0.323. The Labute approximate surface area is 84.9 Å². The molecule has 14 heavy (non-hydrogen) atoms. The topological polar surface area (TPSA) is 22.0 Å². The molecular formula is C10H7ClFNO. The maximum atomic E-state index is 12.9. The van der Waals surface area contributed by atoms with Gasteiger partial charge in [0, 0.05) is 18.0 Å². The Bertz CT molecular complexity index is 518. The second-order valence-corrected chi connectivity index (χ2v) is 3.41. The van der Waals surface area contributed by atoms with Gasteiger partial charge < -0.3 is 4.57 Å². The second kappa shape index (κ2) is 3.10. The Morgan fingerprint density at radius 1 is 1.43 bits per heavy atom. The van der Waals surface area contributed by atoms with Crippen LogP contribution in [0.2, 0.25) is 0 Å². The van der Waals surface area contributed by atoms with E-state index in [-0.39, 0.29) is 5.82 Å². The number of aryl methyl sites for hydroxylation is 1. The summed E-state index contributed by atoms with van der Waals surface area (Å²) in [6, 6.07) is 5.92. The molecule has 0 saturated carbocycles. The van der Waals surface area contributed by atoms with Gasteiger partial charge in [0.25, 0.3) is 5.24 Å². The first-order chi connectivity index (χ1) is 6.59. The van der Waals surface area contributed by atoms with Gasteiger partial charge in [-0.2, -0.15) is 0 Å². The number of carbonyl (C=O) groups excluding carboxylic acids is 1. The molecular weight excluding hydrogens is 205 g/mol. The van der Waals surface area contributed by atoms with Gasteiger partial charge in [0.1, 0.15) is 11.5 Å². The minimum Gasteiger partial charge on any atom is -0.340 e. The maximum absolute atomic E-state index is 12.9. The van der Waals surface area contributed by atoms with E-state index in [4.69, 9.17) is 11.6 Å². The van der Waals surface area contributed by atoms with Crippen molar-refractivity contribution in [3.8, 4) is 0 Å². The first-order valence-electron chi connectivity index (χ1n) is 4.04. The van der Waals surface area contributed by atoms with Gasteiger partial charge in [-0.25, -0.2) is 4.39 Å². The molecule has 0 radical (unpaired) electrons. The lowest BCUT2D eigenvalue weighted by Gasteiger charge is -1.98. The van der Waals surface area contributed by atoms with Crippen LogP contribution in [0.15, 0.2) is 24.3 Å². The van der Waals surface area contributed by atoms with E-state index in [0.717, 1.165) is 5.52 Å². The molecule has 0 aliphatic heterocycles. The van der Waals surface area contributed by atoms with Gasteiger partial charge in [-0.05, 0) is 35.9 Å². The van der Waals surface area contributed by atoms with Crippen molar-refractivity contribution in [3.63, 3.8) is 0 Å². The molecule has 0 amide bonds. The van der Waals surface area contributed by atoms with Crippen molar-refractivity contribution in [1.82, 2.24) is 4.57 Å². The van der Waals surface area contributed by atoms with Crippen LogP contribution in [0.1, 0.15) is 10.5 Å². The molecule has 2 nitrogen and oxygen atoms in total. The quantitative estimate of drug-likeness (QED) is 0.665. The van der Waals surface area contributed by atoms with Crippen LogP contribution in [0.5, 0.6) is 0 Å². The van der Waals surface area contributed by atoms with Crippen LogP contribution in [-0.4, -0.2) is 9.81 Å². The van der Waals surface area contributed by atoms with Crippen LogP contribution in [0.25, 0.3) is 10.9 Å². The van der Waals surface area contributed by atoms with Crippen LogP contribution in [0.3, 0.4) is 0 Å². The van der Waals surface area contributed by atoms with E-state index < -0.39 is 5.24 Å². The summed E-state index contributed by atoms with van der Waals surface area (Å²) in [4.78, 5) is 11.0. The average molecular weight is 212 g/mol. The van der Waals surface area contributed by atoms with E-state index in [1.165, 1.54) is 12.1 Å². The molecule has 2 aromatic rings. The van der Waals surface area contributed by atoms with Crippen molar-refractivity contribution in [1.29, 1.82) is 0 Å². The lowest BCUT2D eigenvalue weighted by atomic mass is 10.2. The fourth-order valence-electron chi connectivity index (χ4n) is 1.51. The Morgan fingerprint density at radius 3 is 2.79 bits per heavy atom. The highest BCUT2D eigenvalue weighted by molar-refractivity contribution is 6.67. The predicted octanol–water partition coefficient (Wildman–Crippen LogP) is 2.70. The number of fused-ring (bicyclic) bond motifs is 1. The molecule has 72 valence electrons. The number of hydrogen-bond acceptors (Lipinski definition) is 1. The molecule has 4 heteroatoms. The van der Waals surface area contributed by atoms with Gasteiger partial charge in [0.05, 0.1) is 0 Å². The zero-order valence-corrected chi connectivity index (χ0v) is 8.18. The zero-order valence-electron chi connectivity index (χ0n) is 7.42. The Morgan fingerprint density at radius 2 is 2.14 bits per heavy atom. The Hall–Kier alpha value is -1.35. The van der Waals surface area contributed by atoms with Gasteiger partial charge in [0.2, 0.25) is 0 Å². The summed E-state index contributed by atoms with van der Waals surface area (Å²) in [6.07, 6.45) is 0. The molecule has 0 bridgehead atoms. The van der Waals surface area contributed by atoms with Gasteiger partial charge >= 0.3 is 0 Å². The number of aromatic nitrogens is 1. The molecule has 1 aromatic carbocycles. The third-order valence-corrected chi connectivity index (χ3v) is 2.40. The van der Waals surface area contributed by atoms with Crippen LogP contribution in [0, 0.1) is 5.82 Å². The predicted molar refractivity (Wildman–Crippen MR) is 53.1 cm³/mol. The number of benzene rings is 1. The lowest BCUT2D eigenvalue weighted by Crippen LogP contribution is -1.98. The highest BCUT2D eigenvalue weighted by atomic mass is 35.5. The average Bonchev–Trinajstić information content (AvgIpc) is 2.43. The summed E-state index contributed by atoms with van der Waals surface area (Å²) >= 11 is 5.37. The smallest absolute Gasteiger partial charge is 0.268 e. The minimum atomic E-state index is -0.538. The summed E-state index contributed by atoms with van der Waals surface area (Å²) in [6.45, 7) is 0. The molecule has 2 rings (SSSR count). The molecule has 0 aliphatic carbocycles. The maximum Gasteiger partial charge on any atom is 0.268 e. The van der Waals surface area contributed by atoms with E-state index in [1.807, 2.05) is 0 Å². The summed E-state index contributed by atoms with van der Waals surface area (Å²) in [5.74, 6) is -0.323. The van der Waals surface area contributed by atoms with Crippen molar-refractivity contribution in [2.24, 2.45) is 7.05 Å². The highest BCUT2D eigenvalue weighted by Gasteiger charge is 2.10. The Balaban J connectivity index is 2.79. The van der Waals surface area contributed by atoms with Crippen LogP contribution < -0.4 is 0 Å². The monoisotopic (exact) mass is 211 g/mol. The number of hydrogen-bond donors (Lipinski definition) is 0. The van der Waals surface area contributed by atoms with Crippen molar-refractivity contribution in [2.75, 3.05) is 0 Å². The molecule has 0 spiro atoms. The number of halogens is 2. The fraction of sp³-hybridized carbons (Fsp3) is 0.100. The van der Waals surface area contributed by atoms with E-state index in [0.29, 0.717) is 11.1 Å². The van der Waals surface area contributed by atoms with E-state index in [9.17, 15) is 9.18 Å². The molecule has 0 atom stereocenters. The first-order valence-corrected chi connectivity index (χ1v) is 4.42. The fourth-order valence-corrected chi connectivity index (χ4v) is 1.69. The SMILES string of the molecule is Cn1c(C(=O)Cl)cc2cc(F)ccc21. The Kier molecular flexibility index (Phi) is 2.04.